The molecule has 0 heterocycles. The van der Waals surface area contributed by atoms with Gasteiger partial charge in [0.2, 0.25) is 11.8 Å². The highest BCUT2D eigenvalue weighted by Crippen LogP contribution is 2.26. The van der Waals surface area contributed by atoms with Crippen LogP contribution >= 0.6 is 15.9 Å². The Hall–Kier alpha value is -3.17. The zero-order valence-electron chi connectivity index (χ0n) is 22.6. The molecule has 9 heteroatoms. The van der Waals surface area contributed by atoms with E-state index in [1.54, 1.807) is 42.5 Å². The van der Waals surface area contributed by atoms with Crippen LogP contribution in [0.1, 0.15) is 44.2 Å². The number of unbranched alkanes of at least 4 members (excludes halogenated alkanes) is 1. The molecule has 2 amide bonds. The number of carbonyl (C=O) groups is 2. The summed E-state index contributed by atoms with van der Waals surface area (Å²) in [5.41, 5.74) is 2.29. The molecule has 0 bridgehead atoms. The van der Waals surface area contributed by atoms with Gasteiger partial charge in [0.15, 0.2) is 0 Å². The molecule has 7 nitrogen and oxygen atoms in total. The molecule has 1 atom stereocenters. The average molecular weight is 615 g/mol. The van der Waals surface area contributed by atoms with Crippen LogP contribution in [-0.2, 0) is 26.2 Å². The molecule has 3 aromatic rings. The van der Waals surface area contributed by atoms with Gasteiger partial charge < -0.3 is 10.2 Å². The van der Waals surface area contributed by atoms with Gasteiger partial charge in [-0.1, -0.05) is 84.2 Å². The third kappa shape index (κ3) is 8.16. The second-order valence-electron chi connectivity index (χ2n) is 9.38. The van der Waals surface area contributed by atoms with Crippen molar-refractivity contribution in [2.24, 2.45) is 0 Å². The molecule has 3 rings (SSSR count). The van der Waals surface area contributed by atoms with E-state index in [0.29, 0.717) is 18.7 Å². The van der Waals surface area contributed by atoms with Crippen molar-refractivity contribution >= 4 is 43.5 Å². The minimum atomic E-state index is -4.07. The molecule has 0 aliphatic carbocycles. The molecule has 0 aliphatic heterocycles. The van der Waals surface area contributed by atoms with E-state index in [2.05, 4.69) is 21.2 Å². The number of rotatable bonds is 13. The number of sulfonamides is 1. The number of nitrogens with one attached hydrogen (secondary N) is 1. The first-order valence-electron chi connectivity index (χ1n) is 13.1. The van der Waals surface area contributed by atoms with E-state index in [1.165, 1.54) is 17.0 Å². The highest BCUT2D eigenvalue weighted by Gasteiger charge is 2.33. The topological polar surface area (TPSA) is 86.8 Å². The fraction of sp³-hybridized carbons (Fsp3) is 0.333. The maximum atomic E-state index is 14.0. The summed E-state index contributed by atoms with van der Waals surface area (Å²) in [5.74, 6) is -0.706. The first kappa shape index (κ1) is 30.4. The quantitative estimate of drug-likeness (QED) is 0.251. The van der Waals surface area contributed by atoms with E-state index in [-0.39, 0.29) is 17.3 Å². The van der Waals surface area contributed by atoms with Crippen molar-refractivity contribution in [2.75, 3.05) is 17.4 Å². The molecule has 0 fully saturated rings. The third-order valence-corrected chi connectivity index (χ3v) is 8.73. The molecule has 0 saturated carbocycles. The smallest absolute Gasteiger partial charge is 0.264 e. The van der Waals surface area contributed by atoms with Gasteiger partial charge in [-0.3, -0.25) is 13.9 Å². The monoisotopic (exact) mass is 613 g/mol. The molecule has 0 unspecified atom stereocenters. The van der Waals surface area contributed by atoms with E-state index < -0.39 is 28.5 Å². The van der Waals surface area contributed by atoms with Gasteiger partial charge in [-0.05, 0) is 61.7 Å². The lowest BCUT2D eigenvalue weighted by Crippen LogP contribution is -2.52. The molecular formula is C30H36BrN3O4S. The summed E-state index contributed by atoms with van der Waals surface area (Å²) < 4.78 is 29.5. The third-order valence-electron chi connectivity index (χ3n) is 6.41. The maximum Gasteiger partial charge on any atom is 0.264 e. The van der Waals surface area contributed by atoms with Crippen LogP contribution in [0.3, 0.4) is 0 Å². The van der Waals surface area contributed by atoms with Crippen molar-refractivity contribution in [3.63, 3.8) is 0 Å². The molecular weight excluding hydrogens is 578 g/mol. The SMILES string of the molecule is CCCCNC(=O)[C@H](CC)N(Cc1ccc(C)cc1)C(=O)CN(c1ccc(Br)cc1)S(=O)(=O)c1ccccc1. The second kappa shape index (κ2) is 14.3. The van der Waals surface area contributed by atoms with E-state index >= 15 is 0 Å². The molecule has 0 spiro atoms. The van der Waals surface area contributed by atoms with Crippen LogP contribution in [-0.4, -0.2) is 44.3 Å². The van der Waals surface area contributed by atoms with Crippen molar-refractivity contribution in [1.82, 2.24) is 10.2 Å². The van der Waals surface area contributed by atoms with Crippen molar-refractivity contribution in [1.29, 1.82) is 0 Å². The number of aryl methyl sites for hydroxylation is 1. The van der Waals surface area contributed by atoms with Gasteiger partial charge in [-0.2, -0.15) is 0 Å². The maximum absolute atomic E-state index is 14.0. The summed E-state index contributed by atoms with van der Waals surface area (Å²) in [6.45, 7) is 6.12. The van der Waals surface area contributed by atoms with E-state index in [0.717, 1.165) is 32.7 Å². The number of carbonyl (C=O) groups excluding carboxylic acids is 2. The number of nitrogens with zero attached hydrogens (tertiary/aromatic N) is 2. The summed E-state index contributed by atoms with van der Waals surface area (Å²) in [6, 6.07) is 21.8. The van der Waals surface area contributed by atoms with Gasteiger partial charge in [-0.15, -0.1) is 0 Å². The molecule has 0 aromatic heterocycles. The Labute approximate surface area is 240 Å². The Morgan fingerprint density at radius 1 is 0.923 bits per heavy atom. The Kier molecular flexibility index (Phi) is 11.1. The number of hydrogen-bond acceptors (Lipinski definition) is 4. The van der Waals surface area contributed by atoms with Crippen LogP contribution in [0, 0.1) is 6.92 Å². The number of benzene rings is 3. The summed E-state index contributed by atoms with van der Waals surface area (Å²) in [7, 11) is -4.07. The first-order chi connectivity index (χ1) is 18.7. The fourth-order valence-corrected chi connectivity index (χ4v) is 5.87. The first-order valence-corrected chi connectivity index (χ1v) is 15.4. The standard InChI is InChI=1S/C30H36BrN3O4S/c1-4-6-20-32-30(36)28(5-2)33(21-24-14-12-23(3)13-15-24)29(35)22-34(26-18-16-25(31)17-19-26)39(37,38)27-10-8-7-9-11-27/h7-19,28H,4-6,20-22H2,1-3H3,(H,32,36)/t28-/m0/s1. The Morgan fingerprint density at radius 3 is 2.15 bits per heavy atom. The van der Waals surface area contributed by atoms with Gasteiger partial charge in [0.1, 0.15) is 12.6 Å². The molecule has 39 heavy (non-hydrogen) atoms. The second-order valence-corrected chi connectivity index (χ2v) is 12.2. The van der Waals surface area contributed by atoms with Gasteiger partial charge in [-0.25, -0.2) is 8.42 Å². The zero-order valence-corrected chi connectivity index (χ0v) is 25.0. The Balaban J connectivity index is 2.01. The zero-order chi connectivity index (χ0) is 28.4. The summed E-state index contributed by atoms with van der Waals surface area (Å²) >= 11 is 3.39. The van der Waals surface area contributed by atoms with Crippen molar-refractivity contribution in [3.8, 4) is 0 Å². The van der Waals surface area contributed by atoms with Crippen LogP contribution < -0.4 is 9.62 Å². The molecule has 0 radical (unpaired) electrons. The summed E-state index contributed by atoms with van der Waals surface area (Å²) in [4.78, 5) is 28.8. The molecule has 0 saturated heterocycles. The summed E-state index contributed by atoms with van der Waals surface area (Å²) in [5, 5.41) is 2.94. The summed E-state index contributed by atoms with van der Waals surface area (Å²) in [6.07, 6.45) is 2.16. The van der Waals surface area contributed by atoms with Gasteiger partial charge in [0.25, 0.3) is 10.0 Å². The average Bonchev–Trinajstić information content (AvgIpc) is 2.93. The number of hydrogen-bond donors (Lipinski definition) is 1. The predicted octanol–water partition coefficient (Wildman–Crippen LogP) is 5.68. The number of amides is 2. The number of halogens is 1. The molecule has 208 valence electrons. The lowest BCUT2D eigenvalue weighted by Gasteiger charge is -2.33. The van der Waals surface area contributed by atoms with Crippen LogP contribution in [0.4, 0.5) is 5.69 Å². The minimum absolute atomic E-state index is 0.0788. The van der Waals surface area contributed by atoms with Gasteiger partial charge in [0, 0.05) is 17.6 Å². The van der Waals surface area contributed by atoms with Crippen LogP contribution in [0.5, 0.6) is 0 Å². The van der Waals surface area contributed by atoms with Crippen molar-refractivity contribution < 1.29 is 18.0 Å². The minimum Gasteiger partial charge on any atom is -0.354 e. The van der Waals surface area contributed by atoms with E-state index in [9.17, 15) is 18.0 Å². The largest absolute Gasteiger partial charge is 0.354 e. The highest BCUT2D eigenvalue weighted by molar-refractivity contribution is 9.10. The lowest BCUT2D eigenvalue weighted by atomic mass is 10.1. The van der Waals surface area contributed by atoms with E-state index in [4.69, 9.17) is 0 Å². The molecule has 3 aromatic carbocycles. The number of anilines is 1. The Morgan fingerprint density at radius 2 is 1.56 bits per heavy atom. The van der Waals surface area contributed by atoms with Crippen molar-refractivity contribution in [3.05, 3.63) is 94.5 Å². The highest BCUT2D eigenvalue weighted by atomic mass is 79.9. The molecule has 1 N–H and O–H groups in total. The van der Waals surface area contributed by atoms with Crippen LogP contribution in [0.2, 0.25) is 0 Å². The van der Waals surface area contributed by atoms with Crippen LogP contribution in [0.25, 0.3) is 0 Å². The van der Waals surface area contributed by atoms with Gasteiger partial charge >= 0.3 is 0 Å². The van der Waals surface area contributed by atoms with Crippen LogP contribution in [0.15, 0.2) is 88.2 Å². The van der Waals surface area contributed by atoms with E-state index in [1.807, 2.05) is 45.0 Å². The predicted molar refractivity (Wildman–Crippen MR) is 159 cm³/mol. The normalized spacial score (nSPS) is 12.0. The molecule has 0 aliphatic rings. The Bertz CT molecular complexity index is 1330. The lowest BCUT2D eigenvalue weighted by molar-refractivity contribution is -0.140. The van der Waals surface area contributed by atoms with Crippen molar-refractivity contribution in [2.45, 2.75) is 57.5 Å². The fourth-order valence-electron chi connectivity index (χ4n) is 4.17. The van der Waals surface area contributed by atoms with Gasteiger partial charge in [0.05, 0.1) is 10.6 Å².